The molecule has 0 aliphatic carbocycles. The zero-order chi connectivity index (χ0) is 11.5. The second-order valence-corrected chi connectivity index (χ2v) is 4.48. The lowest BCUT2D eigenvalue weighted by Crippen LogP contribution is -2.16. The number of halogens is 1. The summed E-state index contributed by atoms with van der Waals surface area (Å²) < 4.78 is 18.9. The van der Waals surface area contributed by atoms with Crippen molar-refractivity contribution in [3.8, 4) is 0 Å². The van der Waals surface area contributed by atoms with Crippen LogP contribution in [0, 0.1) is 12.7 Å². The molecule has 0 unspecified atom stereocenters. The highest BCUT2D eigenvalue weighted by molar-refractivity contribution is 5.38. The van der Waals surface area contributed by atoms with Crippen molar-refractivity contribution in [2.45, 2.75) is 39.0 Å². The molecule has 0 atom stereocenters. The minimum Gasteiger partial charge on any atom is -0.381 e. The average Bonchev–Trinajstić information content (AvgIpc) is 2.33. The Morgan fingerprint density at radius 1 is 1.31 bits per heavy atom. The third-order valence-electron chi connectivity index (χ3n) is 3.58. The molecule has 0 spiro atoms. The largest absolute Gasteiger partial charge is 0.381 e. The average molecular weight is 222 g/mol. The number of hydrogen-bond donors (Lipinski definition) is 0. The van der Waals surface area contributed by atoms with Gasteiger partial charge in [-0.15, -0.1) is 0 Å². The molecule has 0 radical (unpaired) electrons. The molecule has 1 aromatic carbocycles. The van der Waals surface area contributed by atoms with Gasteiger partial charge >= 0.3 is 0 Å². The summed E-state index contributed by atoms with van der Waals surface area (Å²) in [5.41, 5.74) is 3.36. The highest BCUT2D eigenvalue weighted by Gasteiger charge is 2.20. The van der Waals surface area contributed by atoms with Crippen molar-refractivity contribution in [2.75, 3.05) is 13.2 Å². The topological polar surface area (TPSA) is 9.23 Å². The van der Waals surface area contributed by atoms with Gasteiger partial charge < -0.3 is 4.74 Å². The molecule has 0 amide bonds. The Bertz CT molecular complexity index is 367. The molecule has 2 heteroatoms. The summed E-state index contributed by atoms with van der Waals surface area (Å²) in [6.07, 6.45) is 3.05. The number of hydrogen-bond acceptors (Lipinski definition) is 1. The first-order valence-electron chi connectivity index (χ1n) is 6.09. The van der Waals surface area contributed by atoms with Gasteiger partial charge in [-0.2, -0.15) is 0 Å². The minimum atomic E-state index is -0.0762. The van der Waals surface area contributed by atoms with Gasteiger partial charge in [-0.25, -0.2) is 4.39 Å². The van der Waals surface area contributed by atoms with E-state index in [-0.39, 0.29) is 5.82 Å². The highest BCUT2D eigenvalue weighted by atomic mass is 19.1. The van der Waals surface area contributed by atoms with Gasteiger partial charge in [0.2, 0.25) is 0 Å². The van der Waals surface area contributed by atoms with E-state index in [1.807, 2.05) is 13.0 Å². The van der Waals surface area contributed by atoms with E-state index in [1.165, 1.54) is 11.1 Å². The van der Waals surface area contributed by atoms with Crippen LogP contribution >= 0.6 is 0 Å². The van der Waals surface area contributed by atoms with Gasteiger partial charge in [0.25, 0.3) is 0 Å². The lowest BCUT2D eigenvalue weighted by atomic mass is 9.85. The predicted octanol–water partition coefficient (Wildman–Crippen LogP) is 3.59. The van der Waals surface area contributed by atoms with E-state index < -0.39 is 0 Å². The molecule has 1 aliphatic heterocycles. The molecule has 1 heterocycles. The summed E-state index contributed by atoms with van der Waals surface area (Å²) in [6.45, 7) is 5.66. The van der Waals surface area contributed by atoms with Gasteiger partial charge in [0.05, 0.1) is 0 Å². The summed E-state index contributed by atoms with van der Waals surface area (Å²) in [7, 11) is 0. The van der Waals surface area contributed by atoms with E-state index in [0.717, 1.165) is 38.0 Å². The van der Waals surface area contributed by atoms with E-state index in [1.54, 1.807) is 6.07 Å². The lowest BCUT2D eigenvalue weighted by molar-refractivity contribution is 0.0851. The third kappa shape index (κ3) is 2.12. The summed E-state index contributed by atoms with van der Waals surface area (Å²) in [5, 5.41) is 0. The fourth-order valence-electron chi connectivity index (χ4n) is 2.61. The second-order valence-electron chi connectivity index (χ2n) is 4.48. The molecule has 16 heavy (non-hydrogen) atoms. The molecule has 88 valence electrons. The Hall–Kier alpha value is -0.890. The maximum atomic E-state index is 13.5. The van der Waals surface area contributed by atoms with Crippen LogP contribution in [0.1, 0.15) is 42.4 Å². The smallest absolute Gasteiger partial charge is 0.126 e. The summed E-state index contributed by atoms with van der Waals surface area (Å²) in [5.74, 6) is 0.482. The number of ether oxygens (including phenoxy) is 1. The van der Waals surface area contributed by atoms with Gasteiger partial charge in [0.15, 0.2) is 0 Å². The molecule has 1 aromatic rings. The van der Waals surface area contributed by atoms with E-state index in [0.29, 0.717) is 5.92 Å². The zero-order valence-electron chi connectivity index (χ0n) is 10.1. The third-order valence-corrected chi connectivity index (χ3v) is 3.58. The molecule has 1 aliphatic rings. The van der Waals surface area contributed by atoms with Crippen molar-refractivity contribution in [2.24, 2.45) is 0 Å². The first kappa shape index (κ1) is 11.6. The van der Waals surface area contributed by atoms with Crippen LogP contribution in [0.3, 0.4) is 0 Å². The predicted molar refractivity (Wildman–Crippen MR) is 63.3 cm³/mol. The summed E-state index contributed by atoms with van der Waals surface area (Å²) in [4.78, 5) is 0. The van der Waals surface area contributed by atoms with Crippen LogP contribution in [0.15, 0.2) is 12.1 Å². The van der Waals surface area contributed by atoms with Crippen LogP contribution < -0.4 is 0 Å². The SMILES string of the molecule is CCc1c(C2CCOCC2)ccc(F)c1C. The van der Waals surface area contributed by atoms with Gasteiger partial charge in [0, 0.05) is 13.2 Å². The van der Waals surface area contributed by atoms with Crippen molar-refractivity contribution < 1.29 is 9.13 Å². The van der Waals surface area contributed by atoms with Crippen LogP contribution in [0.4, 0.5) is 4.39 Å². The Morgan fingerprint density at radius 3 is 2.62 bits per heavy atom. The van der Waals surface area contributed by atoms with Gasteiger partial charge in [-0.05, 0) is 54.9 Å². The Morgan fingerprint density at radius 2 is 2.00 bits per heavy atom. The van der Waals surface area contributed by atoms with Gasteiger partial charge in [-0.1, -0.05) is 13.0 Å². The normalized spacial score (nSPS) is 17.7. The summed E-state index contributed by atoms with van der Waals surface area (Å²) >= 11 is 0. The molecule has 0 aromatic heterocycles. The van der Waals surface area contributed by atoms with Crippen LogP contribution in [-0.4, -0.2) is 13.2 Å². The van der Waals surface area contributed by atoms with Crippen molar-refractivity contribution in [1.29, 1.82) is 0 Å². The second kappa shape index (κ2) is 4.96. The molecule has 1 saturated heterocycles. The molecular formula is C14H19FO. The molecule has 0 N–H and O–H groups in total. The van der Waals surface area contributed by atoms with E-state index in [4.69, 9.17) is 4.74 Å². The molecule has 0 bridgehead atoms. The van der Waals surface area contributed by atoms with E-state index in [9.17, 15) is 4.39 Å². The minimum absolute atomic E-state index is 0.0762. The molecular weight excluding hydrogens is 203 g/mol. The van der Waals surface area contributed by atoms with Crippen LogP contribution in [0.2, 0.25) is 0 Å². The number of rotatable bonds is 2. The number of benzene rings is 1. The monoisotopic (exact) mass is 222 g/mol. The van der Waals surface area contributed by atoms with Crippen molar-refractivity contribution in [3.63, 3.8) is 0 Å². The highest BCUT2D eigenvalue weighted by Crippen LogP contribution is 2.31. The fraction of sp³-hybridized carbons (Fsp3) is 0.571. The molecule has 2 rings (SSSR count). The Balaban J connectivity index is 2.35. The maximum Gasteiger partial charge on any atom is 0.126 e. The zero-order valence-corrected chi connectivity index (χ0v) is 10.1. The van der Waals surface area contributed by atoms with Crippen molar-refractivity contribution in [1.82, 2.24) is 0 Å². The summed E-state index contributed by atoms with van der Waals surface area (Å²) in [6, 6.07) is 3.58. The molecule has 1 nitrogen and oxygen atoms in total. The van der Waals surface area contributed by atoms with Crippen LogP contribution in [0.25, 0.3) is 0 Å². The van der Waals surface area contributed by atoms with E-state index >= 15 is 0 Å². The quantitative estimate of drug-likeness (QED) is 0.743. The first-order valence-corrected chi connectivity index (χ1v) is 6.09. The van der Waals surface area contributed by atoms with Crippen molar-refractivity contribution >= 4 is 0 Å². The first-order chi connectivity index (χ1) is 7.74. The maximum absolute atomic E-state index is 13.5. The molecule has 1 fully saturated rings. The van der Waals surface area contributed by atoms with Crippen molar-refractivity contribution in [3.05, 3.63) is 34.6 Å². The fourth-order valence-corrected chi connectivity index (χ4v) is 2.61. The van der Waals surface area contributed by atoms with Gasteiger partial charge in [0.1, 0.15) is 5.82 Å². The Kier molecular flexibility index (Phi) is 3.59. The molecule has 0 saturated carbocycles. The lowest BCUT2D eigenvalue weighted by Gasteiger charge is -2.25. The van der Waals surface area contributed by atoms with Gasteiger partial charge in [-0.3, -0.25) is 0 Å². The van der Waals surface area contributed by atoms with E-state index in [2.05, 4.69) is 6.92 Å². The standard InChI is InChI=1S/C14H19FO/c1-3-12-10(2)14(15)5-4-13(12)11-6-8-16-9-7-11/h4-5,11H,3,6-9H2,1-2H3. The van der Waals surface area contributed by atoms with Crippen LogP contribution in [-0.2, 0) is 11.2 Å². The Labute approximate surface area is 96.6 Å². The van der Waals surface area contributed by atoms with Crippen LogP contribution in [0.5, 0.6) is 0 Å².